The van der Waals surface area contributed by atoms with Gasteiger partial charge in [0.1, 0.15) is 0 Å². The quantitative estimate of drug-likeness (QED) is 0.775. The van der Waals surface area contributed by atoms with Gasteiger partial charge in [0.2, 0.25) is 0 Å². The van der Waals surface area contributed by atoms with Crippen molar-refractivity contribution in [3.8, 4) is 0 Å². The fourth-order valence-corrected chi connectivity index (χ4v) is 4.47. The minimum Gasteiger partial charge on any atom is -0.195 e. The average molecular weight is 266 g/mol. The Bertz CT molecular complexity index is 333. The molecule has 0 aromatic carbocycles. The molecule has 4 nitrogen and oxygen atoms in total. The van der Waals surface area contributed by atoms with Crippen LogP contribution in [0.15, 0.2) is 0 Å². The second-order valence-corrected chi connectivity index (χ2v) is 9.56. The molecule has 0 N–H and O–H groups in total. The van der Waals surface area contributed by atoms with Crippen LogP contribution < -0.4 is 0 Å². The molecule has 6 heteroatoms. The molecule has 1 aliphatic heterocycles. The van der Waals surface area contributed by atoms with Crippen LogP contribution in [0, 0.1) is 0 Å². The third-order valence-electron chi connectivity index (χ3n) is 2.42. The van der Waals surface area contributed by atoms with E-state index in [-0.39, 0.29) is 4.75 Å². The summed E-state index contributed by atoms with van der Waals surface area (Å²) in [6, 6.07) is 0. The molecule has 0 spiro atoms. The Morgan fingerprint density at radius 2 is 1.88 bits per heavy atom. The summed E-state index contributed by atoms with van der Waals surface area (Å²) < 4.78 is 26.8. The number of nitrogens with zero attached hydrogens (tertiary/aromatic N) is 2. The van der Waals surface area contributed by atoms with Gasteiger partial charge in [0.15, 0.2) is 0 Å². The van der Waals surface area contributed by atoms with E-state index in [4.69, 9.17) is 0 Å². The largest absolute Gasteiger partial charge is 0.281 e. The maximum Gasteiger partial charge on any atom is 0.281 e. The maximum atomic E-state index is 11.9. The number of rotatable bonds is 3. The van der Waals surface area contributed by atoms with Gasteiger partial charge in [0.05, 0.1) is 0 Å². The molecule has 0 saturated carbocycles. The van der Waals surface area contributed by atoms with E-state index in [9.17, 15) is 8.42 Å². The van der Waals surface area contributed by atoms with Crippen LogP contribution in [0.5, 0.6) is 0 Å². The zero-order chi connectivity index (χ0) is 12.6. The SMILES string of the molecule is CN(C)S(=O)(=O)N1CCC(SC(C)(C)C)C1. The fourth-order valence-electron chi connectivity index (χ4n) is 1.73. The second-order valence-electron chi connectivity index (χ2n) is 5.29. The lowest BCUT2D eigenvalue weighted by atomic mass is 10.3. The van der Waals surface area contributed by atoms with Gasteiger partial charge in [-0.2, -0.15) is 28.8 Å². The monoisotopic (exact) mass is 266 g/mol. The predicted octanol–water partition coefficient (Wildman–Crippen LogP) is 1.40. The van der Waals surface area contributed by atoms with Crippen LogP contribution in [-0.2, 0) is 10.2 Å². The topological polar surface area (TPSA) is 40.6 Å². The molecular weight excluding hydrogens is 244 g/mol. The van der Waals surface area contributed by atoms with Crippen molar-refractivity contribution in [1.82, 2.24) is 8.61 Å². The van der Waals surface area contributed by atoms with Crippen molar-refractivity contribution < 1.29 is 8.42 Å². The lowest BCUT2D eigenvalue weighted by Crippen LogP contribution is -2.38. The smallest absolute Gasteiger partial charge is 0.195 e. The molecule has 1 unspecified atom stereocenters. The molecular formula is C10H22N2O2S2. The molecule has 0 radical (unpaired) electrons. The number of hydrogen-bond acceptors (Lipinski definition) is 3. The third-order valence-corrected chi connectivity index (χ3v) is 5.75. The Morgan fingerprint density at radius 3 is 2.31 bits per heavy atom. The van der Waals surface area contributed by atoms with Crippen molar-refractivity contribution in [3.63, 3.8) is 0 Å². The molecule has 16 heavy (non-hydrogen) atoms. The van der Waals surface area contributed by atoms with E-state index < -0.39 is 10.2 Å². The van der Waals surface area contributed by atoms with Gasteiger partial charge in [-0.25, -0.2) is 0 Å². The molecule has 0 bridgehead atoms. The Labute approximate surface area is 104 Å². The first-order chi connectivity index (χ1) is 7.13. The summed E-state index contributed by atoms with van der Waals surface area (Å²) in [6.07, 6.45) is 0.953. The van der Waals surface area contributed by atoms with Gasteiger partial charge in [-0.3, -0.25) is 0 Å². The van der Waals surface area contributed by atoms with Gasteiger partial charge in [-0.15, -0.1) is 0 Å². The zero-order valence-electron chi connectivity index (χ0n) is 10.7. The molecule has 1 heterocycles. The minimum atomic E-state index is -3.21. The van der Waals surface area contributed by atoms with Crippen molar-refractivity contribution >= 4 is 22.0 Å². The maximum absolute atomic E-state index is 11.9. The highest BCUT2D eigenvalue weighted by molar-refractivity contribution is 8.01. The van der Waals surface area contributed by atoms with Gasteiger partial charge in [0, 0.05) is 37.2 Å². The van der Waals surface area contributed by atoms with Crippen molar-refractivity contribution in [1.29, 1.82) is 0 Å². The van der Waals surface area contributed by atoms with Crippen LogP contribution in [0.3, 0.4) is 0 Å². The van der Waals surface area contributed by atoms with Crippen molar-refractivity contribution in [2.75, 3.05) is 27.2 Å². The molecule has 0 aromatic heterocycles. The summed E-state index contributed by atoms with van der Waals surface area (Å²) >= 11 is 1.87. The number of thioether (sulfide) groups is 1. The molecule has 1 rings (SSSR count). The van der Waals surface area contributed by atoms with E-state index in [1.165, 1.54) is 4.31 Å². The highest BCUT2D eigenvalue weighted by atomic mass is 32.2. The Morgan fingerprint density at radius 1 is 1.31 bits per heavy atom. The van der Waals surface area contributed by atoms with Crippen LogP contribution in [0.25, 0.3) is 0 Å². The summed E-state index contributed by atoms with van der Waals surface area (Å²) in [5.74, 6) is 0. The normalized spacial score (nSPS) is 24.2. The summed E-state index contributed by atoms with van der Waals surface area (Å²) in [5, 5.41) is 0.426. The van der Waals surface area contributed by atoms with Gasteiger partial charge in [-0.1, -0.05) is 20.8 Å². The molecule has 0 amide bonds. The summed E-state index contributed by atoms with van der Waals surface area (Å²) in [7, 11) is -0.0460. The lowest BCUT2D eigenvalue weighted by molar-refractivity contribution is 0.422. The van der Waals surface area contributed by atoms with Crippen LogP contribution in [-0.4, -0.2) is 54.2 Å². The van der Waals surface area contributed by atoms with E-state index in [0.717, 1.165) is 6.42 Å². The summed E-state index contributed by atoms with van der Waals surface area (Å²) in [6.45, 7) is 7.79. The lowest BCUT2D eigenvalue weighted by Gasteiger charge is -2.24. The van der Waals surface area contributed by atoms with Crippen LogP contribution >= 0.6 is 11.8 Å². The Balaban J connectivity index is 2.60. The van der Waals surface area contributed by atoms with E-state index in [1.807, 2.05) is 11.8 Å². The van der Waals surface area contributed by atoms with Crippen LogP contribution in [0.1, 0.15) is 27.2 Å². The Hall–Kier alpha value is 0.220. The standard InChI is InChI=1S/C10H22N2O2S2/c1-10(2,3)15-9-6-7-12(8-9)16(13,14)11(4)5/h9H,6-8H2,1-5H3. The molecule has 96 valence electrons. The molecule has 1 atom stereocenters. The van der Waals surface area contributed by atoms with E-state index in [0.29, 0.717) is 18.3 Å². The first-order valence-electron chi connectivity index (χ1n) is 5.48. The zero-order valence-corrected chi connectivity index (χ0v) is 12.4. The van der Waals surface area contributed by atoms with Crippen molar-refractivity contribution in [3.05, 3.63) is 0 Å². The Kier molecular flexibility index (Phi) is 4.32. The van der Waals surface area contributed by atoms with Gasteiger partial charge in [-0.05, 0) is 6.42 Å². The highest BCUT2D eigenvalue weighted by Crippen LogP contribution is 2.34. The minimum absolute atomic E-state index is 0.197. The fraction of sp³-hybridized carbons (Fsp3) is 1.00. The van der Waals surface area contributed by atoms with Gasteiger partial charge < -0.3 is 0 Å². The van der Waals surface area contributed by atoms with Crippen LogP contribution in [0.2, 0.25) is 0 Å². The predicted molar refractivity (Wildman–Crippen MR) is 69.9 cm³/mol. The van der Waals surface area contributed by atoms with E-state index in [2.05, 4.69) is 20.8 Å². The molecule has 0 aromatic rings. The summed E-state index contributed by atoms with van der Waals surface area (Å²) in [5.41, 5.74) is 0. The van der Waals surface area contributed by atoms with Crippen molar-refractivity contribution in [2.45, 2.75) is 37.2 Å². The van der Waals surface area contributed by atoms with Crippen LogP contribution in [0.4, 0.5) is 0 Å². The molecule has 1 aliphatic rings. The first kappa shape index (κ1) is 14.3. The summed E-state index contributed by atoms with van der Waals surface area (Å²) in [4.78, 5) is 0. The average Bonchev–Trinajstić information content (AvgIpc) is 2.49. The molecule has 1 saturated heterocycles. The van der Waals surface area contributed by atoms with Crippen molar-refractivity contribution in [2.24, 2.45) is 0 Å². The molecule has 1 fully saturated rings. The van der Waals surface area contributed by atoms with Gasteiger partial charge in [0.25, 0.3) is 10.2 Å². The third kappa shape index (κ3) is 3.61. The number of hydrogen-bond donors (Lipinski definition) is 0. The van der Waals surface area contributed by atoms with E-state index >= 15 is 0 Å². The highest BCUT2D eigenvalue weighted by Gasteiger charge is 2.34. The first-order valence-corrected chi connectivity index (χ1v) is 7.76. The van der Waals surface area contributed by atoms with E-state index in [1.54, 1.807) is 18.4 Å². The second kappa shape index (κ2) is 4.84. The molecule has 0 aliphatic carbocycles. The van der Waals surface area contributed by atoms with Gasteiger partial charge >= 0.3 is 0 Å².